The summed E-state index contributed by atoms with van der Waals surface area (Å²) in [6.45, 7) is 6.97. The zero-order chi connectivity index (χ0) is 19.8. The van der Waals surface area contributed by atoms with E-state index >= 15 is 0 Å². The van der Waals surface area contributed by atoms with Crippen LogP contribution in [0.1, 0.15) is 32.0 Å². The minimum Gasteiger partial charge on any atom is -0.478 e. The second-order valence-electron chi connectivity index (χ2n) is 6.99. The number of carbonyl (C=O) groups is 2. The highest BCUT2D eigenvalue weighted by molar-refractivity contribution is 5.87. The Hall–Kier alpha value is -3.42. The molecule has 140 valence electrons. The molecular formula is C19H20N4O4. The minimum atomic E-state index is -1.10. The smallest absolute Gasteiger partial charge is 0.435 e. The number of aromatic nitrogens is 4. The third kappa shape index (κ3) is 3.74. The number of carboxylic acid groups (broad SMARTS) is 1. The zero-order valence-electron chi connectivity index (χ0n) is 15.5. The third-order valence-corrected chi connectivity index (χ3v) is 3.78. The van der Waals surface area contributed by atoms with Gasteiger partial charge in [-0.25, -0.2) is 14.6 Å². The molecule has 0 unspecified atom stereocenters. The van der Waals surface area contributed by atoms with E-state index in [1.54, 1.807) is 44.7 Å². The van der Waals surface area contributed by atoms with Crippen LogP contribution in [-0.2, 0) is 9.53 Å². The highest BCUT2D eigenvalue weighted by atomic mass is 16.6. The molecule has 0 bridgehead atoms. The molecule has 0 atom stereocenters. The fourth-order valence-electron chi connectivity index (χ4n) is 2.65. The van der Waals surface area contributed by atoms with Crippen LogP contribution in [0.15, 0.2) is 36.7 Å². The lowest BCUT2D eigenvalue weighted by Crippen LogP contribution is -2.28. The first-order valence-corrected chi connectivity index (χ1v) is 8.34. The molecule has 1 N–H and O–H groups in total. The lowest BCUT2D eigenvalue weighted by molar-refractivity contribution is -0.131. The van der Waals surface area contributed by atoms with Gasteiger partial charge in [-0.3, -0.25) is 4.57 Å². The van der Waals surface area contributed by atoms with Crippen molar-refractivity contribution < 1.29 is 19.4 Å². The number of aliphatic carboxylic acids is 1. The van der Waals surface area contributed by atoms with E-state index in [-0.39, 0.29) is 0 Å². The number of ether oxygens (including phenoxy) is 1. The average molecular weight is 368 g/mol. The molecule has 27 heavy (non-hydrogen) atoms. The van der Waals surface area contributed by atoms with Crippen molar-refractivity contribution >= 4 is 29.2 Å². The lowest BCUT2D eigenvalue weighted by atomic mass is 10.2. The highest BCUT2D eigenvalue weighted by Crippen LogP contribution is 2.25. The molecule has 0 saturated heterocycles. The van der Waals surface area contributed by atoms with Gasteiger partial charge in [-0.05, 0) is 52.0 Å². The van der Waals surface area contributed by atoms with Crippen LogP contribution in [0, 0.1) is 6.92 Å². The van der Waals surface area contributed by atoms with Gasteiger partial charge < -0.3 is 9.84 Å². The number of nitrogens with zero attached hydrogens (tertiary/aromatic N) is 4. The molecule has 3 aromatic heterocycles. The molecule has 0 fully saturated rings. The summed E-state index contributed by atoms with van der Waals surface area (Å²) in [6.07, 6.45) is 5.21. The number of hydrogen-bond donors (Lipinski definition) is 1. The second kappa shape index (κ2) is 6.71. The van der Waals surface area contributed by atoms with Crippen molar-refractivity contribution in [2.45, 2.75) is 33.3 Å². The summed E-state index contributed by atoms with van der Waals surface area (Å²) < 4.78 is 8.25. The molecule has 3 aromatic rings. The first kappa shape index (κ1) is 18.4. The van der Waals surface area contributed by atoms with E-state index in [4.69, 9.17) is 9.84 Å². The topological polar surface area (TPSA) is 99.2 Å². The van der Waals surface area contributed by atoms with Crippen molar-refractivity contribution in [2.75, 3.05) is 0 Å². The molecule has 3 heterocycles. The number of rotatable bonds is 3. The van der Waals surface area contributed by atoms with Gasteiger partial charge in [-0.1, -0.05) is 0 Å². The second-order valence-corrected chi connectivity index (χ2v) is 6.99. The van der Waals surface area contributed by atoms with Crippen LogP contribution >= 0.6 is 0 Å². The maximum absolute atomic E-state index is 12.5. The highest BCUT2D eigenvalue weighted by Gasteiger charge is 2.24. The van der Waals surface area contributed by atoms with E-state index in [1.807, 2.05) is 18.2 Å². The summed E-state index contributed by atoms with van der Waals surface area (Å²) >= 11 is 0. The quantitative estimate of drug-likeness (QED) is 0.711. The third-order valence-electron chi connectivity index (χ3n) is 3.78. The van der Waals surface area contributed by atoms with Crippen molar-refractivity contribution in [1.82, 2.24) is 19.3 Å². The van der Waals surface area contributed by atoms with Crippen molar-refractivity contribution in [3.05, 3.63) is 47.9 Å². The van der Waals surface area contributed by atoms with Gasteiger partial charge in [0.05, 0.1) is 5.69 Å². The molecule has 0 amide bonds. The van der Waals surface area contributed by atoms with Gasteiger partial charge in [0.2, 0.25) is 0 Å². The SMILES string of the molecule is Cc1c(/C=C/C(=O)O)c(-n2ccc3cccnc32)nn1C(=O)OC(C)(C)C. The molecule has 8 nitrogen and oxygen atoms in total. The first-order valence-electron chi connectivity index (χ1n) is 8.34. The Bertz CT molecular complexity index is 1050. The molecule has 0 aliphatic carbocycles. The normalized spacial score (nSPS) is 12.0. The summed E-state index contributed by atoms with van der Waals surface area (Å²) in [6, 6.07) is 5.60. The van der Waals surface area contributed by atoms with E-state index in [9.17, 15) is 9.59 Å². The maximum atomic E-state index is 12.5. The maximum Gasteiger partial charge on any atom is 0.435 e. The van der Waals surface area contributed by atoms with Gasteiger partial charge in [-0.15, -0.1) is 5.10 Å². The van der Waals surface area contributed by atoms with Crippen LogP contribution in [0.2, 0.25) is 0 Å². The molecule has 0 aliphatic heterocycles. The molecule has 0 radical (unpaired) electrons. The minimum absolute atomic E-state index is 0.393. The first-order chi connectivity index (χ1) is 12.7. The fourth-order valence-corrected chi connectivity index (χ4v) is 2.65. The zero-order valence-corrected chi connectivity index (χ0v) is 15.5. The van der Waals surface area contributed by atoms with Crippen LogP contribution in [0.4, 0.5) is 4.79 Å². The van der Waals surface area contributed by atoms with Crippen LogP contribution in [-0.4, -0.2) is 42.1 Å². The summed E-state index contributed by atoms with van der Waals surface area (Å²) in [7, 11) is 0. The molecule has 3 rings (SSSR count). The van der Waals surface area contributed by atoms with Crippen LogP contribution in [0.5, 0.6) is 0 Å². The van der Waals surface area contributed by atoms with E-state index in [0.29, 0.717) is 22.7 Å². The fraction of sp³-hybridized carbons (Fsp3) is 0.263. The molecular weight excluding hydrogens is 348 g/mol. The number of carbonyl (C=O) groups excluding carboxylic acids is 1. The number of fused-ring (bicyclic) bond motifs is 1. The Labute approximate surface area is 155 Å². The van der Waals surface area contributed by atoms with Crippen molar-refractivity contribution in [3.8, 4) is 5.82 Å². The summed E-state index contributed by atoms with van der Waals surface area (Å²) in [4.78, 5) is 27.9. The van der Waals surface area contributed by atoms with E-state index in [1.165, 1.54) is 6.08 Å². The van der Waals surface area contributed by atoms with Gasteiger partial charge in [0.15, 0.2) is 5.82 Å². The standard InChI is InChI=1S/C19H20N4O4/c1-12-14(7-8-15(24)25)17(21-23(12)18(26)27-19(2,3)4)22-11-9-13-6-5-10-20-16(13)22/h5-11H,1-4H3,(H,24,25)/b8-7+. The van der Waals surface area contributed by atoms with Crippen molar-refractivity contribution in [1.29, 1.82) is 0 Å². The monoisotopic (exact) mass is 368 g/mol. The van der Waals surface area contributed by atoms with Crippen molar-refractivity contribution in [3.63, 3.8) is 0 Å². The molecule has 0 saturated carbocycles. The van der Waals surface area contributed by atoms with Crippen LogP contribution in [0.25, 0.3) is 22.9 Å². The van der Waals surface area contributed by atoms with E-state index in [0.717, 1.165) is 16.1 Å². The number of hydrogen-bond acceptors (Lipinski definition) is 5. The predicted octanol–water partition coefficient (Wildman–Crippen LogP) is 3.41. The Morgan fingerprint density at radius 1 is 1.26 bits per heavy atom. The average Bonchev–Trinajstić information content (AvgIpc) is 3.12. The van der Waals surface area contributed by atoms with Crippen LogP contribution in [0.3, 0.4) is 0 Å². The Morgan fingerprint density at radius 2 is 2.00 bits per heavy atom. The number of carboxylic acids is 1. The Balaban J connectivity index is 2.18. The summed E-state index contributed by atoms with van der Waals surface area (Å²) in [5.74, 6) is -0.703. The van der Waals surface area contributed by atoms with Gasteiger partial charge in [-0.2, -0.15) is 4.68 Å². The largest absolute Gasteiger partial charge is 0.478 e. The lowest BCUT2D eigenvalue weighted by Gasteiger charge is -2.19. The number of pyridine rings is 1. The van der Waals surface area contributed by atoms with Crippen LogP contribution < -0.4 is 0 Å². The molecule has 0 aliphatic rings. The predicted molar refractivity (Wildman–Crippen MR) is 99.9 cm³/mol. The molecule has 0 spiro atoms. The Morgan fingerprint density at radius 3 is 2.67 bits per heavy atom. The van der Waals surface area contributed by atoms with E-state index < -0.39 is 17.7 Å². The Kier molecular flexibility index (Phi) is 4.57. The van der Waals surface area contributed by atoms with Gasteiger partial charge in [0.1, 0.15) is 11.2 Å². The van der Waals surface area contributed by atoms with Crippen molar-refractivity contribution in [2.24, 2.45) is 0 Å². The van der Waals surface area contributed by atoms with Gasteiger partial charge >= 0.3 is 12.1 Å². The summed E-state index contributed by atoms with van der Waals surface area (Å²) in [5.41, 5.74) is 0.922. The van der Waals surface area contributed by atoms with Gasteiger partial charge in [0.25, 0.3) is 0 Å². The molecule has 0 aromatic carbocycles. The molecule has 8 heteroatoms. The van der Waals surface area contributed by atoms with E-state index in [2.05, 4.69) is 10.1 Å². The summed E-state index contributed by atoms with van der Waals surface area (Å²) in [5, 5.41) is 14.3. The van der Waals surface area contributed by atoms with Gasteiger partial charge in [0, 0.05) is 29.4 Å².